The third kappa shape index (κ3) is 2.40. The van der Waals surface area contributed by atoms with Crippen molar-refractivity contribution < 1.29 is 4.39 Å². The van der Waals surface area contributed by atoms with Gasteiger partial charge < -0.3 is 5.32 Å². The summed E-state index contributed by atoms with van der Waals surface area (Å²) in [5, 5.41) is 3.22. The first-order valence-electron chi connectivity index (χ1n) is 4.34. The lowest BCUT2D eigenvalue weighted by molar-refractivity contribution is 0.632. The number of rotatable bonds is 2. The highest BCUT2D eigenvalue weighted by Gasteiger charge is 2.07. The number of hydrogen-bond acceptors (Lipinski definition) is 3. The lowest BCUT2D eigenvalue weighted by Crippen LogP contribution is -1.96. The summed E-state index contributed by atoms with van der Waals surface area (Å²) in [6.07, 6.45) is 2.91. The van der Waals surface area contributed by atoms with E-state index in [0.29, 0.717) is 5.82 Å². The van der Waals surface area contributed by atoms with Gasteiger partial charge in [0.15, 0.2) is 0 Å². The first-order valence-corrected chi connectivity index (χ1v) is 5.10. The molecule has 0 fully saturated rings. The molecule has 0 unspecified atom stereocenters. The van der Waals surface area contributed by atoms with E-state index < -0.39 is 5.82 Å². The highest BCUT2D eigenvalue weighted by molar-refractivity contribution is 6.42. The Hall–Kier alpha value is -1.39. The van der Waals surface area contributed by atoms with Crippen molar-refractivity contribution in [1.29, 1.82) is 0 Å². The highest BCUT2D eigenvalue weighted by atomic mass is 35.5. The van der Waals surface area contributed by atoms with Gasteiger partial charge in [0.05, 0.1) is 15.7 Å². The number of nitrogens with one attached hydrogen (secondary N) is 1. The zero-order chi connectivity index (χ0) is 11.5. The second kappa shape index (κ2) is 4.63. The molecule has 0 aliphatic rings. The van der Waals surface area contributed by atoms with Gasteiger partial charge in [-0.3, -0.25) is 0 Å². The zero-order valence-corrected chi connectivity index (χ0v) is 9.43. The molecule has 6 heteroatoms. The van der Waals surface area contributed by atoms with E-state index in [0.717, 1.165) is 6.07 Å². The molecule has 2 aromatic rings. The molecule has 0 saturated carbocycles. The second-order valence-corrected chi connectivity index (χ2v) is 3.78. The monoisotopic (exact) mass is 257 g/mol. The van der Waals surface area contributed by atoms with E-state index >= 15 is 0 Å². The molecule has 0 bridgehead atoms. The van der Waals surface area contributed by atoms with Crippen LogP contribution in [-0.4, -0.2) is 9.97 Å². The van der Waals surface area contributed by atoms with Crippen molar-refractivity contribution in [2.45, 2.75) is 0 Å². The van der Waals surface area contributed by atoms with Gasteiger partial charge in [-0.2, -0.15) is 0 Å². The van der Waals surface area contributed by atoms with Crippen LogP contribution in [0.4, 0.5) is 15.9 Å². The molecule has 0 amide bonds. The largest absolute Gasteiger partial charge is 0.338 e. The van der Waals surface area contributed by atoms with E-state index in [1.54, 1.807) is 12.3 Å². The molecular formula is C10H6Cl2FN3. The minimum absolute atomic E-state index is 0.174. The van der Waals surface area contributed by atoms with Crippen molar-refractivity contribution in [2.24, 2.45) is 0 Å². The average molecular weight is 258 g/mol. The summed E-state index contributed by atoms with van der Waals surface area (Å²) in [6.45, 7) is 0. The van der Waals surface area contributed by atoms with Crippen LogP contribution in [0.25, 0.3) is 0 Å². The zero-order valence-electron chi connectivity index (χ0n) is 7.92. The Morgan fingerprint density at radius 2 is 1.94 bits per heavy atom. The first-order chi connectivity index (χ1) is 7.66. The Bertz CT molecular complexity index is 505. The highest BCUT2D eigenvalue weighted by Crippen LogP contribution is 2.29. The van der Waals surface area contributed by atoms with Gasteiger partial charge in [-0.1, -0.05) is 23.2 Å². The van der Waals surface area contributed by atoms with Gasteiger partial charge >= 0.3 is 0 Å². The number of hydrogen-bond donors (Lipinski definition) is 1. The van der Waals surface area contributed by atoms with Crippen LogP contribution in [0.3, 0.4) is 0 Å². The van der Waals surface area contributed by atoms with E-state index in [2.05, 4.69) is 15.3 Å². The summed E-state index contributed by atoms with van der Waals surface area (Å²) in [7, 11) is 0. The second-order valence-electron chi connectivity index (χ2n) is 2.97. The normalized spacial score (nSPS) is 10.2. The fourth-order valence-electron chi connectivity index (χ4n) is 1.12. The van der Waals surface area contributed by atoms with Crippen molar-refractivity contribution in [3.05, 3.63) is 46.6 Å². The van der Waals surface area contributed by atoms with Gasteiger partial charge in [0.1, 0.15) is 18.0 Å². The molecule has 1 aromatic carbocycles. The molecule has 0 radical (unpaired) electrons. The van der Waals surface area contributed by atoms with Crippen LogP contribution in [0.2, 0.25) is 10.0 Å². The van der Waals surface area contributed by atoms with Crippen molar-refractivity contribution in [3.63, 3.8) is 0 Å². The lowest BCUT2D eigenvalue weighted by Gasteiger charge is -2.07. The summed E-state index contributed by atoms with van der Waals surface area (Å²) < 4.78 is 13.5. The van der Waals surface area contributed by atoms with Gasteiger partial charge in [-0.05, 0) is 18.2 Å². The van der Waals surface area contributed by atoms with Gasteiger partial charge in [0.2, 0.25) is 0 Å². The number of anilines is 2. The van der Waals surface area contributed by atoms with E-state index in [-0.39, 0.29) is 15.7 Å². The molecule has 16 heavy (non-hydrogen) atoms. The van der Waals surface area contributed by atoms with Crippen LogP contribution < -0.4 is 5.32 Å². The van der Waals surface area contributed by atoms with Crippen LogP contribution in [0, 0.1) is 5.82 Å². The molecule has 1 N–H and O–H groups in total. The molecular weight excluding hydrogens is 252 g/mol. The van der Waals surface area contributed by atoms with E-state index in [9.17, 15) is 4.39 Å². The molecule has 0 aliphatic heterocycles. The Morgan fingerprint density at radius 3 is 2.62 bits per heavy atom. The van der Waals surface area contributed by atoms with Crippen LogP contribution in [0.5, 0.6) is 0 Å². The SMILES string of the molecule is Fc1cc(Cl)c(Cl)cc1Nc1ccncn1. The van der Waals surface area contributed by atoms with Gasteiger partial charge in [0, 0.05) is 6.20 Å². The maximum absolute atomic E-state index is 13.5. The number of aromatic nitrogens is 2. The number of nitrogens with zero attached hydrogens (tertiary/aromatic N) is 2. The Kier molecular flexibility index (Phi) is 3.22. The summed E-state index contributed by atoms with van der Waals surface area (Å²) in [5.74, 6) is -0.0136. The molecule has 0 aliphatic carbocycles. The molecule has 82 valence electrons. The standard InChI is InChI=1S/C10H6Cl2FN3/c11-6-3-8(13)9(4-7(6)12)16-10-1-2-14-5-15-10/h1-5H,(H,14,15,16). The van der Waals surface area contributed by atoms with E-state index in [1.165, 1.54) is 12.4 Å². The summed E-state index contributed by atoms with van der Waals surface area (Å²) in [6, 6.07) is 4.16. The Balaban J connectivity index is 2.32. The van der Waals surface area contributed by atoms with Crippen molar-refractivity contribution in [1.82, 2.24) is 9.97 Å². The van der Waals surface area contributed by atoms with Crippen molar-refractivity contribution >= 4 is 34.7 Å². The smallest absolute Gasteiger partial charge is 0.148 e. The summed E-state index contributed by atoms with van der Waals surface area (Å²) in [5.41, 5.74) is 0.216. The average Bonchev–Trinajstić information content (AvgIpc) is 2.27. The topological polar surface area (TPSA) is 37.8 Å². The quantitative estimate of drug-likeness (QED) is 0.835. The third-order valence-corrected chi connectivity index (χ3v) is 2.58. The van der Waals surface area contributed by atoms with Crippen LogP contribution in [0.1, 0.15) is 0 Å². The van der Waals surface area contributed by atoms with Crippen LogP contribution in [0.15, 0.2) is 30.7 Å². The molecule has 0 atom stereocenters. The predicted molar refractivity (Wildman–Crippen MR) is 61.7 cm³/mol. The molecule has 1 heterocycles. The minimum atomic E-state index is -0.493. The van der Waals surface area contributed by atoms with Gasteiger partial charge in [-0.15, -0.1) is 0 Å². The molecule has 0 spiro atoms. The maximum Gasteiger partial charge on any atom is 0.148 e. The third-order valence-electron chi connectivity index (χ3n) is 1.85. The maximum atomic E-state index is 13.5. The van der Waals surface area contributed by atoms with Crippen LogP contribution >= 0.6 is 23.2 Å². The van der Waals surface area contributed by atoms with Gasteiger partial charge in [0.25, 0.3) is 0 Å². The predicted octanol–water partition coefficient (Wildman–Crippen LogP) is 3.67. The fraction of sp³-hybridized carbons (Fsp3) is 0. The Labute approximate surface area is 101 Å². The Morgan fingerprint density at radius 1 is 1.19 bits per heavy atom. The molecule has 3 nitrogen and oxygen atoms in total. The van der Waals surface area contributed by atoms with Crippen molar-refractivity contribution in [3.8, 4) is 0 Å². The summed E-state index contributed by atoms with van der Waals surface area (Å²) in [4.78, 5) is 7.65. The van der Waals surface area contributed by atoms with Crippen molar-refractivity contribution in [2.75, 3.05) is 5.32 Å². The minimum Gasteiger partial charge on any atom is -0.338 e. The molecule has 2 rings (SSSR count). The number of benzene rings is 1. The fourth-order valence-corrected chi connectivity index (χ4v) is 1.43. The van der Waals surface area contributed by atoms with E-state index in [1.807, 2.05) is 0 Å². The van der Waals surface area contributed by atoms with E-state index in [4.69, 9.17) is 23.2 Å². The lowest BCUT2D eigenvalue weighted by atomic mass is 10.3. The summed E-state index contributed by atoms with van der Waals surface area (Å²) >= 11 is 11.4. The number of halogens is 3. The molecule has 1 aromatic heterocycles. The first kappa shape index (κ1) is 11.1. The van der Waals surface area contributed by atoms with Gasteiger partial charge in [-0.25, -0.2) is 14.4 Å². The van der Waals surface area contributed by atoms with Crippen LogP contribution in [-0.2, 0) is 0 Å². The molecule has 0 saturated heterocycles.